The van der Waals surface area contributed by atoms with E-state index in [1.54, 1.807) is 0 Å². The molecule has 0 aromatic rings. The quantitative estimate of drug-likeness (QED) is 0.0261. The fourth-order valence-electron chi connectivity index (χ4n) is 8.88. The van der Waals surface area contributed by atoms with Crippen LogP contribution in [-0.4, -0.2) is 37.2 Å². The largest absolute Gasteiger partial charge is 0.462 e. The van der Waals surface area contributed by atoms with Gasteiger partial charge in [0.2, 0.25) is 0 Å². The van der Waals surface area contributed by atoms with Gasteiger partial charge in [-0.3, -0.25) is 14.4 Å². The minimum absolute atomic E-state index is 0.103. The molecule has 0 amide bonds. The van der Waals surface area contributed by atoms with Crippen molar-refractivity contribution in [1.29, 1.82) is 0 Å². The third kappa shape index (κ3) is 62.7. The van der Waals surface area contributed by atoms with Crippen LogP contribution in [0, 0.1) is 0 Å². The Bertz CT molecular complexity index is 1620. The summed E-state index contributed by atoms with van der Waals surface area (Å²) in [5.74, 6) is -0.966. The highest BCUT2D eigenvalue weighted by atomic mass is 16.6. The maximum absolute atomic E-state index is 12.9. The molecule has 6 heteroatoms. The Morgan fingerprint density at radius 3 is 0.833 bits per heavy atom. The summed E-state index contributed by atoms with van der Waals surface area (Å²) in [5.41, 5.74) is 0. The summed E-state index contributed by atoms with van der Waals surface area (Å²) < 4.78 is 16.8. The van der Waals surface area contributed by atoms with Crippen molar-refractivity contribution in [2.24, 2.45) is 0 Å². The van der Waals surface area contributed by atoms with E-state index < -0.39 is 6.10 Å². The number of ether oxygens (including phenoxy) is 3. The molecule has 0 aromatic heterocycles. The lowest BCUT2D eigenvalue weighted by Crippen LogP contribution is -2.30. The summed E-state index contributed by atoms with van der Waals surface area (Å²) in [4.78, 5) is 38.2. The van der Waals surface area contributed by atoms with Crippen molar-refractivity contribution in [2.45, 2.75) is 303 Å². The van der Waals surface area contributed by atoms with Gasteiger partial charge in [0, 0.05) is 19.3 Å². The Hall–Kier alpha value is -4.19. The molecular weight excluding hydrogens is 961 g/mol. The average Bonchev–Trinajstić information content (AvgIpc) is 3.44. The van der Waals surface area contributed by atoms with E-state index in [4.69, 9.17) is 14.2 Å². The van der Waals surface area contributed by atoms with Crippen molar-refractivity contribution in [2.75, 3.05) is 13.2 Å². The van der Waals surface area contributed by atoms with Crippen LogP contribution < -0.4 is 0 Å². The SMILES string of the molecule is CC/C=C\C/C=C\C/C=C\C/C=C\C/C=C\CCCC(=O)OC(COC(=O)CCCCCCC/C=C\CCCCC)COC(=O)CCCCCCCCCCCCCCCCCCCC/C=C\C/C=C\C/C=C\C/C=C\CC. The molecule has 0 heterocycles. The Balaban J connectivity index is 4.24. The molecule has 0 aliphatic carbocycles. The zero-order valence-electron chi connectivity index (χ0n) is 50.9. The molecule has 78 heavy (non-hydrogen) atoms. The molecule has 6 nitrogen and oxygen atoms in total. The third-order valence-electron chi connectivity index (χ3n) is 13.7. The lowest BCUT2D eigenvalue weighted by atomic mass is 10.0. The second-order valence-corrected chi connectivity index (χ2v) is 21.3. The first-order valence-corrected chi connectivity index (χ1v) is 32.5. The van der Waals surface area contributed by atoms with Gasteiger partial charge in [-0.2, -0.15) is 0 Å². The topological polar surface area (TPSA) is 78.9 Å². The molecule has 0 radical (unpaired) electrons. The van der Waals surface area contributed by atoms with Crippen LogP contribution in [0.1, 0.15) is 297 Å². The monoisotopic (exact) mass is 1080 g/mol. The van der Waals surface area contributed by atoms with E-state index in [9.17, 15) is 14.4 Å². The van der Waals surface area contributed by atoms with Crippen molar-refractivity contribution < 1.29 is 28.6 Å². The first-order chi connectivity index (χ1) is 38.5. The molecular formula is C72H120O6. The van der Waals surface area contributed by atoms with Crippen molar-refractivity contribution in [3.63, 3.8) is 0 Å². The van der Waals surface area contributed by atoms with Gasteiger partial charge in [0.1, 0.15) is 13.2 Å². The van der Waals surface area contributed by atoms with E-state index in [2.05, 4.69) is 142 Å². The number of carbonyl (C=O) groups excluding carboxylic acids is 3. The third-order valence-corrected chi connectivity index (χ3v) is 13.7. The lowest BCUT2D eigenvalue weighted by molar-refractivity contribution is -0.167. The number of allylic oxidation sites excluding steroid dienone is 20. The van der Waals surface area contributed by atoms with E-state index in [0.717, 1.165) is 116 Å². The first kappa shape index (κ1) is 73.8. The second kappa shape index (κ2) is 65.3. The summed E-state index contributed by atoms with van der Waals surface area (Å²) in [6.45, 7) is 6.35. The predicted molar refractivity (Wildman–Crippen MR) is 339 cm³/mol. The van der Waals surface area contributed by atoms with Crippen LogP contribution in [0.2, 0.25) is 0 Å². The van der Waals surface area contributed by atoms with Crippen molar-refractivity contribution in [3.05, 3.63) is 122 Å². The number of hydrogen-bond donors (Lipinski definition) is 0. The van der Waals surface area contributed by atoms with Gasteiger partial charge in [-0.05, 0) is 122 Å². The summed E-state index contributed by atoms with van der Waals surface area (Å²) in [6, 6.07) is 0. The smallest absolute Gasteiger partial charge is 0.306 e. The first-order valence-electron chi connectivity index (χ1n) is 32.5. The number of unbranched alkanes of at least 4 members (excludes halogenated alkanes) is 27. The van der Waals surface area contributed by atoms with Gasteiger partial charge < -0.3 is 14.2 Å². The maximum Gasteiger partial charge on any atom is 0.306 e. The number of esters is 3. The minimum Gasteiger partial charge on any atom is -0.462 e. The van der Waals surface area contributed by atoms with Crippen LogP contribution in [-0.2, 0) is 28.6 Å². The molecule has 0 aliphatic heterocycles. The van der Waals surface area contributed by atoms with Gasteiger partial charge >= 0.3 is 17.9 Å². The number of carbonyl (C=O) groups is 3. The zero-order chi connectivity index (χ0) is 56.4. The Kier molecular flexibility index (Phi) is 61.8. The molecule has 0 fully saturated rings. The van der Waals surface area contributed by atoms with Gasteiger partial charge in [0.05, 0.1) is 0 Å². The molecule has 0 spiro atoms. The summed E-state index contributed by atoms with van der Waals surface area (Å²) >= 11 is 0. The fourth-order valence-corrected chi connectivity index (χ4v) is 8.88. The Labute approximate surface area is 482 Å². The van der Waals surface area contributed by atoms with Crippen molar-refractivity contribution in [1.82, 2.24) is 0 Å². The number of rotatable bonds is 58. The lowest BCUT2D eigenvalue weighted by Gasteiger charge is -2.18. The molecule has 1 unspecified atom stereocenters. The van der Waals surface area contributed by atoms with E-state index in [1.807, 2.05) is 0 Å². The maximum atomic E-state index is 12.9. The highest BCUT2D eigenvalue weighted by Crippen LogP contribution is 2.16. The molecule has 0 bridgehead atoms. The van der Waals surface area contributed by atoms with Gasteiger partial charge in [-0.1, -0.05) is 277 Å². The van der Waals surface area contributed by atoms with Gasteiger partial charge in [0.15, 0.2) is 6.10 Å². The Morgan fingerprint density at radius 1 is 0.269 bits per heavy atom. The number of hydrogen-bond acceptors (Lipinski definition) is 6. The highest BCUT2D eigenvalue weighted by Gasteiger charge is 2.19. The van der Waals surface area contributed by atoms with E-state index in [0.29, 0.717) is 19.3 Å². The normalized spacial score (nSPS) is 12.9. The van der Waals surface area contributed by atoms with Crippen LogP contribution in [0.25, 0.3) is 0 Å². The van der Waals surface area contributed by atoms with Crippen LogP contribution >= 0.6 is 0 Å². The molecule has 0 aromatic carbocycles. The van der Waals surface area contributed by atoms with Crippen LogP contribution in [0.15, 0.2) is 122 Å². The van der Waals surface area contributed by atoms with Crippen LogP contribution in [0.5, 0.6) is 0 Å². The van der Waals surface area contributed by atoms with E-state index in [-0.39, 0.29) is 37.5 Å². The summed E-state index contributed by atoms with van der Waals surface area (Å²) in [6.07, 6.45) is 90.9. The minimum atomic E-state index is -0.813. The van der Waals surface area contributed by atoms with Crippen molar-refractivity contribution in [3.8, 4) is 0 Å². The fraction of sp³-hybridized carbons (Fsp3) is 0.681. The van der Waals surface area contributed by atoms with Gasteiger partial charge in [-0.15, -0.1) is 0 Å². The second-order valence-electron chi connectivity index (χ2n) is 21.3. The summed E-state index contributed by atoms with van der Waals surface area (Å²) in [7, 11) is 0. The molecule has 0 N–H and O–H groups in total. The standard InChI is InChI=1S/C72H120O6/c1-4-7-10-13-16-19-22-25-27-29-30-31-32-33-34-35-36-37-38-39-40-41-42-44-45-47-50-53-56-59-62-65-71(74)77-68-69(67-76-70(73)64-61-58-55-52-49-24-21-18-15-12-9-6-3)78-72(75)66-63-60-57-54-51-48-46-43-28-26-23-20-17-14-11-8-5-2/h7-8,10-11,16-21,25-28,30-31,46,48,54,57,69H,4-6,9,12-15,22-24,29,32-45,47,49-53,55-56,58-68H2,1-3H3/b10-7-,11-8-,19-16-,20-17-,21-18-,27-25-,28-26-,31-30-,48-46-,57-54-. The zero-order valence-corrected chi connectivity index (χ0v) is 50.9. The van der Waals surface area contributed by atoms with Gasteiger partial charge in [0.25, 0.3) is 0 Å². The molecule has 1 atom stereocenters. The molecule has 444 valence electrons. The molecule has 0 saturated heterocycles. The highest BCUT2D eigenvalue weighted by molar-refractivity contribution is 5.71. The van der Waals surface area contributed by atoms with E-state index in [1.165, 1.54) is 135 Å². The average molecular weight is 1080 g/mol. The predicted octanol–water partition coefficient (Wildman–Crippen LogP) is 22.4. The van der Waals surface area contributed by atoms with E-state index >= 15 is 0 Å². The molecule has 0 saturated carbocycles. The van der Waals surface area contributed by atoms with Crippen LogP contribution in [0.3, 0.4) is 0 Å². The van der Waals surface area contributed by atoms with Gasteiger partial charge in [-0.25, -0.2) is 0 Å². The molecule has 0 rings (SSSR count). The Morgan fingerprint density at radius 2 is 0.513 bits per heavy atom. The van der Waals surface area contributed by atoms with Crippen LogP contribution in [0.4, 0.5) is 0 Å². The summed E-state index contributed by atoms with van der Waals surface area (Å²) in [5, 5.41) is 0. The van der Waals surface area contributed by atoms with Crippen molar-refractivity contribution >= 4 is 17.9 Å². The molecule has 0 aliphatic rings.